The van der Waals surface area contributed by atoms with E-state index in [4.69, 9.17) is 16.6 Å². The molecule has 0 saturated carbocycles. The van der Waals surface area contributed by atoms with Crippen molar-refractivity contribution < 1.29 is 0 Å². The standard InChI is InChI=1S/C20H20ClN3/c1-23-9-11-24(12-10-23)19-13-16-7-8-17(21)14-18(16)20(22-19)15-5-3-2-4-6-15/h2-8,13-14H,9-12H2,1H3. The lowest BCUT2D eigenvalue weighted by Crippen LogP contribution is -2.44. The van der Waals surface area contributed by atoms with Gasteiger partial charge in [-0.3, -0.25) is 0 Å². The Balaban J connectivity index is 1.86. The van der Waals surface area contributed by atoms with Crippen LogP contribution < -0.4 is 4.90 Å². The number of fused-ring (bicyclic) bond motifs is 1. The van der Waals surface area contributed by atoms with Gasteiger partial charge in [0.1, 0.15) is 5.82 Å². The van der Waals surface area contributed by atoms with Crippen LogP contribution in [0.5, 0.6) is 0 Å². The third kappa shape index (κ3) is 2.97. The molecule has 24 heavy (non-hydrogen) atoms. The molecule has 1 aromatic heterocycles. The van der Waals surface area contributed by atoms with Gasteiger partial charge in [0, 0.05) is 42.2 Å². The molecule has 0 spiro atoms. The molecule has 0 bridgehead atoms. The summed E-state index contributed by atoms with van der Waals surface area (Å²) in [6, 6.07) is 18.6. The van der Waals surface area contributed by atoms with E-state index in [0.717, 1.165) is 53.7 Å². The summed E-state index contributed by atoms with van der Waals surface area (Å²) in [4.78, 5) is 9.74. The molecule has 0 unspecified atom stereocenters. The number of hydrogen-bond donors (Lipinski definition) is 0. The second-order valence-corrected chi connectivity index (χ2v) is 6.79. The molecule has 4 heteroatoms. The molecular weight excluding hydrogens is 318 g/mol. The molecule has 0 radical (unpaired) electrons. The minimum atomic E-state index is 0.744. The maximum absolute atomic E-state index is 6.24. The molecule has 1 saturated heterocycles. The largest absolute Gasteiger partial charge is 0.354 e. The van der Waals surface area contributed by atoms with Gasteiger partial charge in [0.15, 0.2) is 0 Å². The van der Waals surface area contributed by atoms with Crippen LogP contribution in [-0.2, 0) is 0 Å². The molecule has 4 rings (SSSR count). The van der Waals surface area contributed by atoms with E-state index in [9.17, 15) is 0 Å². The first-order chi connectivity index (χ1) is 11.7. The summed E-state index contributed by atoms with van der Waals surface area (Å²) < 4.78 is 0. The van der Waals surface area contributed by atoms with E-state index < -0.39 is 0 Å². The van der Waals surface area contributed by atoms with Crippen LogP contribution in [0.25, 0.3) is 22.0 Å². The quantitative estimate of drug-likeness (QED) is 0.694. The third-order valence-electron chi connectivity index (χ3n) is 4.66. The maximum atomic E-state index is 6.24. The Morgan fingerprint density at radius 1 is 0.917 bits per heavy atom. The molecule has 2 aromatic carbocycles. The second-order valence-electron chi connectivity index (χ2n) is 6.35. The molecule has 122 valence electrons. The number of pyridine rings is 1. The predicted octanol–water partition coefficient (Wildman–Crippen LogP) is 4.31. The van der Waals surface area contributed by atoms with Gasteiger partial charge >= 0.3 is 0 Å². The maximum Gasteiger partial charge on any atom is 0.129 e. The predicted molar refractivity (Wildman–Crippen MR) is 102 cm³/mol. The zero-order valence-corrected chi connectivity index (χ0v) is 14.5. The van der Waals surface area contributed by atoms with E-state index in [2.05, 4.69) is 53.2 Å². The van der Waals surface area contributed by atoms with Gasteiger partial charge in [0.2, 0.25) is 0 Å². The molecule has 3 aromatic rings. The average molecular weight is 338 g/mol. The molecule has 3 nitrogen and oxygen atoms in total. The average Bonchev–Trinajstić information content (AvgIpc) is 2.62. The van der Waals surface area contributed by atoms with Gasteiger partial charge in [-0.2, -0.15) is 0 Å². The van der Waals surface area contributed by atoms with Crippen molar-refractivity contribution >= 4 is 28.2 Å². The van der Waals surface area contributed by atoms with Crippen molar-refractivity contribution in [3.63, 3.8) is 0 Å². The van der Waals surface area contributed by atoms with Gasteiger partial charge in [-0.05, 0) is 30.6 Å². The molecule has 2 heterocycles. The second kappa shape index (κ2) is 6.42. The SMILES string of the molecule is CN1CCN(c2cc3ccc(Cl)cc3c(-c3ccccc3)n2)CC1. The normalized spacial score (nSPS) is 15.8. The number of aromatic nitrogens is 1. The summed E-state index contributed by atoms with van der Waals surface area (Å²) in [5, 5.41) is 3.03. The highest BCUT2D eigenvalue weighted by Crippen LogP contribution is 2.32. The summed E-state index contributed by atoms with van der Waals surface area (Å²) in [6.45, 7) is 4.16. The van der Waals surface area contributed by atoms with E-state index in [1.165, 1.54) is 5.39 Å². The van der Waals surface area contributed by atoms with Gasteiger partial charge < -0.3 is 9.80 Å². The Morgan fingerprint density at radius 3 is 2.42 bits per heavy atom. The van der Waals surface area contributed by atoms with Crippen molar-refractivity contribution in [3.05, 3.63) is 59.6 Å². The van der Waals surface area contributed by atoms with Crippen LogP contribution in [0.1, 0.15) is 0 Å². The molecule has 1 aliphatic heterocycles. The van der Waals surface area contributed by atoms with E-state index in [-0.39, 0.29) is 0 Å². The molecule has 0 amide bonds. The summed E-state index contributed by atoms with van der Waals surface area (Å²) in [5.74, 6) is 1.05. The number of piperazine rings is 1. The molecule has 0 aliphatic carbocycles. The van der Waals surface area contributed by atoms with Gasteiger partial charge in [0.05, 0.1) is 5.69 Å². The topological polar surface area (TPSA) is 19.4 Å². The van der Waals surface area contributed by atoms with E-state index in [0.29, 0.717) is 0 Å². The zero-order valence-electron chi connectivity index (χ0n) is 13.7. The van der Waals surface area contributed by atoms with E-state index in [1.807, 2.05) is 18.2 Å². The molecule has 1 aliphatic rings. The fourth-order valence-corrected chi connectivity index (χ4v) is 3.39. The Labute approximate surface area is 147 Å². The molecule has 0 N–H and O–H groups in total. The lowest BCUT2D eigenvalue weighted by Gasteiger charge is -2.33. The van der Waals surface area contributed by atoms with Crippen LogP contribution in [0, 0.1) is 0 Å². The van der Waals surface area contributed by atoms with E-state index in [1.54, 1.807) is 0 Å². The summed E-state index contributed by atoms with van der Waals surface area (Å²) in [7, 11) is 2.17. The van der Waals surface area contributed by atoms with Gasteiger partial charge in [-0.1, -0.05) is 48.0 Å². The third-order valence-corrected chi connectivity index (χ3v) is 4.89. The Hall–Kier alpha value is -2.10. The van der Waals surface area contributed by atoms with Crippen molar-refractivity contribution in [2.45, 2.75) is 0 Å². The minimum absolute atomic E-state index is 0.744. The van der Waals surface area contributed by atoms with Crippen LogP contribution in [0.2, 0.25) is 5.02 Å². The first kappa shape index (κ1) is 15.4. The lowest BCUT2D eigenvalue weighted by atomic mass is 10.0. The Morgan fingerprint density at radius 2 is 1.67 bits per heavy atom. The molecule has 1 fully saturated rings. The Kier molecular flexibility index (Phi) is 4.13. The number of nitrogens with zero attached hydrogens (tertiary/aromatic N) is 3. The van der Waals surface area contributed by atoms with Gasteiger partial charge in [0.25, 0.3) is 0 Å². The smallest absolute Gasteiger partial charge is 0.129 e. The molecule has 0 atom stereocenters. The summed E-state index contributed by atoms with van der Waals surface area (Å²) in [6.07, 6.45) is 0. The lowest BCUT2D eigenvalue weighted by molar-refractivity contribution is 0.312. The number of rotatable bonds is 2. The highest BCUT2D eigenvalue weighted by atomic mass is 35.5. The van der Waals surface area contributed by atoms with Crippen LogP contribution >= 0.6 is 11.6 Å². The first-order valence-electron chi connectivity index (χ1n) is 8.30. The minimum Gasteiger partial charge on any atom is -0.354 e. The Bertz CT molecular complexity index is 855. The van der Waals surface area contributed by atoms with Crippen molar-refractivity contribution in [3.8, 4) is 11.3 Å². The first-order valence-corrected chi connectivity index (χ1v) is 8.68. The summed E-state index contributed by atoms with van der Waals surface area (Å²) in [5.41, 5.74) is 2.13. The van der Waals surface area contributed by atoms with E-state index >= 15 is 0 Å². The fourth-order valence-electron chi connectivity index (χ4n) is 3.22. The summed E-state index contributed by atoms with van der Waals surface area (Å²) >= 11 is 6.24. The van der Waals surface area contributed by atoms with Crippen molar-refractivity contribution in [1.29, 1.82) is 0 Å². The number of hydrogen-bond acceptors (Lipinski definition) is 3. The zero-order chi connectivity index (χ0) is 16.5. The van der Waals surface area contributed by atoms with Crippen molar-refractivity contribution in [2.75, 3.05) is 38.1 Å². The van der Waals surface area contributed by atoms with Crippen LogP contribution in [0.15, 0.2) is 54.6 Å². The number of benzene rings is 2. The monoisotopic (exact) mass is 337 g/mol. The number of halogens is 1. The van der Waals surface area contributed by atoms with Crippen molar-refractivity contribution in [1.82, 2.24) is 9.88 Å². The van der Waals surface area contributed by atoms with Gasteiger partial charge in [-0.25, -0.2) is 4.98 Å². The molecular formula is C20H20ClN3. The highest BCUT2D eigenvalue weighted by molar-refractivity contribution is 6.31. The highest BCUT2D eigenvalue weighted by Gasteiger charge is 2.17. The van der Waals surface area contributed by atoms with Crippen LogP contribution in [0.3, 0.4) is 0 Å². The number of likely N-dealkylation sites (N-methyl/N-ethyl adjacent to an activating group) is 1. The fraction of sp³-hybridized carbons (Fsp3) is 0.250. The van der Waals surface area contributed by atoms with Crippen LogP contribution in [-0.4, -0.2) is 43.1 Å². The van der Waals surface area contributed by atoms with Gasteiger partial charge in [-0.15, -0.1) is 0 Å². The van der Waals surface area contributed by atoms with Crippen molar-refractivity contribution in [2.24, 2.45) is 0 Å². The van der Waals surface area contributed by atoms with Crippen LogP contribution in [0.4, 0.5) is 5.82 Å². The number of anilines is 1.